The molecule has 0 aliphatic carbocycles. The summed E-state index contributed by atoms with van der Waals surface area (Å²) in [6.45, 7) is 0.443. The first-order chi connectivity index (χ1) is 13.2. The van der Waals surface area contributed by atoms with Crippen molar-refractivity contribution in [3.8, 4) is 11.3 Å². The van der Waals surface area contributed by atoms with Gasteiger partial charge in [0.05, 0.1) is 24.4 Å². The predicted octanol–water partition coefficient (Wildman–Crippen LogP) is 3.49. The molecule has 0 atom stereocenters. The Labute approximate surface area is 157 Å². The van der Waals surface area contributed by atoms with E-state index in [-0.39, 0.29) is 5.91 Å². The number of amides is 1. The van der Waals surface area contributed by atoms with Gasteiger partial charge in [0, 0.05) is 25.0 Å². The molecule has 1 amide bonds. The molecule has 0 saturated carbocycles. The summed E-state index contributed by atoms with van der Waals surface area (Å²) < 4.78 is 1.80. The van der Waals surface area contributed by atoms with Crippen LogP contribution >= 0.6 is 0 Å². The number of hydrogen-bond donors (Lipinski definition) is 1. The Hall–Kier alpha value is -3.47. The molecule has 4 rings (SSSR count). The second-order valence-corrected chi connectivity index (χ2v) is 6.47. The third-order valence-corrected chi connectivity index (χ3v) is 4.65. The molecule has 1 N–H and O–H groups in total. The van der Waals surface area contributed by atoms with E-state index < -0.39 is 0 Å². The number of carbonyl (C=O) groups is 1. The van der Waals surface area contributed by atoms with Gasteiger partial charge in [-0.2, -0.15) is 5.10 Å². The number of nitrogens with zero attached hydrogens (tertiary/aromatic N) is 3. The Balaban J connectivity index is 1.44. The Morgan fingerprint density at radius 3 is 2.67 bits per heavy atom. The van der Waals surface area contributed by atoms with Crippen molar-refractivity contribution in [1.29, 1.82) is 0 Å². The molecule has 5 heteroatoms. The van der Waals surface area contributed by atoms with Gasteiger partial charge in [-0.1, -0.05) is 42.5 Å². The minimum Gasteiger partial charge on any atom is -0.350 e. The fourth-order valence-corrected chi connectivity index (χ4v) is 3.21. The van der Waals surface area contributed by atoms with Crippen molar-refractivity contribution in [2.24, 2.45) is 7.05 Å². The zero-order valence-corrected chi connectivity index (χ0v) is 15.1. The first-order valence-corrected chi connectivity index (χ1v) is 8.87. The quantitative estimate of drug-likeness (QED) is 0.595. The van der Waals surface area contributed by atoms with Gasteiger partial charge in [-0.3, -0.25) is 14.5 Å². The molecule has 0 fully saturated rings. The molecule has 0 aliphatic heterocycles. The monoisotopic (exact) mass is 356 g/mol. The van der Waals surface area contributed by atoms with Crippen molar-refractivity contribution < 1.29 is 4.79 Å². The molecule has 0 radical (unpaired) electrons. The molecule has 0 aliphatic rings. The van der Waals surface area contributed by atoms with Crippen molar-refractivity contribution in [1.82, 2.24) is 20.1 Å². The van der Waals surface area contributed by atoms with Crippen LogP contribution in [0.3, 0.4) is 0 Å². The Kier molecular flexibility index (Phi) is 4.66. The lowest BCUT2D eigenvalue weighted by Gasteiger charge is -2.08. The third kappa shape index (κ3) is 3.72. The van der Waals surface area contributed by atoms with Crippen LogP contribution in [0.15, 0.2) is 73.1 Å². The summed E-state index contributed by atoms with van der Waals surface area (Å²) in [4.78, 5) is 16.5. The number of fused-ring (bicyclic) bond motifs is 1. The fraction of sp³-hybridized carbons (Fsp3) is 0.136. The van der Waals surface area contributed by atoms with E-state index in [1.807, 2.05) is 49.5 Å². The van der Waals surface area contributed by atoms with Crippen LogP contribution in [0, 0.1) is 0 Å². The maximum absolute atomic E-state index is 12.5. The van der Waals surface area contributed by atoms with E-state index in [1.165, 1.54) is 0 Å². The predicted molar refractivity (Wildman–Crippen MR) is 106 cm³/mol. The molecule has 2 aromatic carbocycles. The van der Waals surface area contributed by atoms with E-state index in [9.17, 15) is 4.79 Å². The lowest BCUT2D eigenvalue weighted by molar-refractivity contribution is -0.120. The number of benzene rings is 2. The minimum absolute atomic E-state index is 0.00184. The van der Waals surface area contributed by atoms with Gasteiger partial charge in [0.25, 0.3) is 0 Å². The Morgan fingerprint density at radius 2 is 1.81 bits per heavy atom. The summed E-state index contributed by atoms with van der Waals surface area (Å²) in [6.07, 6.45) is 3.85. The Morgan fingerprint density at radius 1 is 1.04 bits per heavy atom. The van der Waals surface area contributed by atoms with Gasteiger partial charge >= 0.3 is 0 Å². The van der Waals surface area contributed by atoms with Crippen LogP contribution in [0.1, 0.15) is 11.3 Å². The molecule has 134 valence electrons. The molecule has 2 heterocycles. The smallest absolute Gasteiger partial charge is 0.224 e. The van der Waals surface area contributed by atoms with Gasteiger partial charge in [0.2, 0.25) is 5.91 Å². The van der Waals surface area contributed by atoms with Crippen molar-refractivity contribution >= 4 is 16.7 Å². The molecule has 0 bridgehead atoms. The van der Waals surface area contributed by atoms with E-state index in [0.717, 1.165) is 33.3 Å². The van der Waals surface area contributed by atoms with Gasteiger partial charge in [-0.15, -0.1) is 0 Å². The molecule has 5 nitrogen and oxygen atoms in total. The number of rotatable bonds is 5. The number of carbonyl (C=O) groups excluding carboxylic acids is 1. The zero-order valence-electron chi connectivity index (χ0n) is 15.1. The van der Waals surface area contributed by atoms with Crippen LogP contribution in [0.4, 0.5) is 0 Å². The van der Waals surface area contributed by atoms with Crippen LogP contribution in [0.5, 0.6) is 0 Å². The number of hydrogen-bond acceptors (Lipinski definition) is 3. The summed E-state index contributed by atoms with van der Waals surface area (Å²) in [5, 5.41) is 9.80. The maximum atomic E-state index is 12.5. The van der Waals surface area contributed by atoms with Crippen molar-refractivity contribution in [3.63, 3.8) is 0 Å². The molecular formula is C22H20N4O. The van der Waals surface area contributed by atoms with E-state index >= 15 is 0 Å². The molecule has 2 aromatic heterocycles. The molecule has 0 unspecified atom stereocenters. The first-order valence-electron chi connectivity index (χ1n) is 8.87. The largest absolute Gasteiger partial charge is 0.350 e. The highest BCUT2D eigenvalue weighted by Gasteiger charge is 2.10. The summed E-state index contributed by atoms with van der Waals surface area (Å²) in [5.41, 5.74) is 3.87. The molecule has 27 heavy (non-hydrogen) atoms. The molecular weight excluding hydrogens is 336 g/mol. The highest BCUT2D eigenvalue weighted by atomic mass is 16.1. The number of nitrogens with one attached hydrogen (secondary N) is 1. The van der Waals surface area contributed by atoms with Gasteiger partial charge in [0.1, 0.15) is 0 Å². The maximum Gasteiger partial charge on any atom is 0.224 e. The highest BCUT2D eigenvalue weighted by Crippen LogP contribution is 2.19. The van der Waals surface area contributed by atoms with E-state index in [2.05, 4.69) is 33.6 Å². The average Bonchev–Trinajstić information content (AvgIpc) is 3.08. The van der Waals surface area contributed by atoms with Crippen LogP contribution in [-0.2, 0) is 24.8 Å². The summed E-state index contributed by atoms with van der Waals surface area (Å²) in [5.74, 6) is -0.00184. The lowest BCUT2D eigenvalue weighted by atomic mass is 10.0. The van der Waals surface area contributed by atoms with Crippen molar-refractivity contribution in [3.05, 3.63) is 84.3 Å². The van der Waals surface area contributed by atoms with Crippen LogP contribution in [-0.4, -0.2) is 20.7 Å². The van der Waals surface area contributed by atoms with Gasteiger partial charge in [-0.25, -0.2) is 0 Å². The topological polar surface area (TPSA) is 59.8 Å². The van der Waals surface area contributed by atoms with Crippen LogP contribution in [0.25, 0.3) is 22.0 Å². The number of aryl methyl sites for hydroxylation is 1. The molecule has 0 spiro atoms. The van der Waals surface area contributed by atoms with Gasteiger partial charge < -0.3 is 5.32 Å². The normalized spacial score (nSPS) is 10.9. The first kappa shape index (κ1) is 17.0. The van der Waals surface area contributed by atoms with Crippen molar-refractivity contribution in [2.75, 3.05) is 0 Å². The lowest BCUT2D eigenvalue weighted by Crippen LogP contribution is -2.25. The molecule has 4 aromatic rings. The van der Waals surface area contributed by atoms with Gasteiger partial charge in [0.15, 0.2) is 0 Å². The number of aromatic nitrogens is 3. The van der Waals surface area contributed by atoms with Crippen LogP contribution in [0.2, 0.25) is 0 Å². The fourth-order valence-electron chi connectivity index (χ4n) is 3.21. The van der Waals surface area contributed by atoms with Crippen molar-refractivity contribution in [2.45, 2.75) is 13.0 Å². The van der Waals surface area contributed by atoms with E-state index in [0.29, 0.717) is 13.0 Å². The molecule has 0 saturated heterocycles. The summed E-state index contributed by atoms with van der Waals surface area (Å²) in [7, 11) is 1.89. The summed E-state index contributed by atoms with van der Waals surface area (Å²) in [6, 6.07) is 20.0. The summed E-state index contributed by atoms with van der Waals surface area (Å²) >= 11 is 0. The number of pyridine rings is 1. The average molecular weight is 356 g/mol. The minimum atomic E-state index is -0.00184. The highest BCUT2D eigenvalue weighted by molar-refractivity contribution is 5.90. The second kappa shape index (κ2) is 7.41. The second-order valence-electron chi connectivity index (χ2n) is 6.47. The third-order valence-electron chi connectivity index (χ3n) is 4.65. The van der Waals surface area contributed by atoms with E-state index in [1.54, 1.807) is 17.1 Å². The Bertz CT molecular complexity index is 1080. The van der Waals surface area contributed by atoms with E-state index in [4.69, 9.17) is 0 Å². The standard InChI is InChI=1S/C22H20N4O/c1-26-19(14-21(25-26)17-9-11-23-12-10-17)15-24-22(27)13-18-7-4-6-16-5-2-3-8-20(16)18/h2-12,14H,13,15H2,1H3,(H,24,27). The zero-order chi connectivity index (χ0) is 18.6. The van der Waals surface area contributed by atoms with Crippen LogP contribution < -0.4 is 5.32 Å². The SMILES string of the molecule is Cn1nc(-c2ccncc2)cc1CNC(=O)Cc1cccc2ccccc12. The van der Waals surface area contributed by atoms with Gasteiger partial charge in [-0.05, 0) is 34.5 Å².